The molecule has 2 aliphatic rings. The van der Waals surface area contributed by atoms with Gasteiger partial charge >= 0.3 is 0 Å². The lowest BCUT2D eigenvalue weighted by Crippen LogP contribution is -2.56. The van der Waals surface area contributed by atoms with Gasteiger partial charge in [-0.25, -0.2) is 19.8 Å². The molecule has 0 saturated carbocycles. The minimum absolute atomic E-state index is 0.00211. The van der Waals surface area contributed by atoms with Gasteiger partial charge in [-0.15, -0.1) is 0 Å². The number of nitrogens with one attached hydrogen (secondary N) is 3. The summed E-state index contributed by atoms with van der Waals surface area (Å²) in [5.41, 5.74) is 4.91. The van der Waals surface area contributed by atoms with Crippen LogP contribution in [0.15, 0.2) is 40.5 Å². The number of oxazole rings is 1. The third-order valence-electron chi connectivity index (χ3n) is 4.22. The Bertz CT molecular complexity index is 843. The van der Waals surface area contributed by atoms with Crippen molar-refractivity contribution in [2.45, 2.75) is 20.1 Å². The molecule has 25 heavy (non-hydrogen) atoms. The molecule has 1 unspecified atom stereocenters. The maximum absolute atomic E-state index is 13.1. The number of rotatable bonds is 3. The Balaban J connectivity index is 1.74. The topological polar surface area (TPSA) is 82.4 Å². The zero-order valence-corrected chi connectivity index (χ0v) is 13.8. The third-order valence-corrected chi connectivity index (χ3v) is 4.22. The van der Waals surface area contributed by atoms with Crippen LogP contribution in [0.3, 0.4) is 0 Å². The molecule has 4 rings (SSSR count). The van der Waals surface area contributed by atoms with Crippen molar-refractivity contribution < 1.29 is 13.6 Å². The molecule has 1 atom stereocenters. The molecule has 1 fully saturated rings. The van der Waals surface area contributed by atoms with Crippen LogP contribution in [0, 0.1) is 11.7 Å². The van der Waals surface area contributed by atoms with Crippen LogP contribution >= 0.6 is 0 Å². The number of hydrogen-bond donors (Lipinski definition) is 3. The molecule has 2 aromatic rings. The number of carbonyl (C=O) groups is 1. The van der Waals surface area contributed by atoms with Crippen LogP contribution in [0.25, 0.3) is 17.2 Å². The fourth-order valence-electron chi connectivity index (χ4n) is 3.02. The van der Waals surface area contributed by atoms with Gasteiger partial charge in [0.25, 0.3) is 5.91 Å². The molecular formula is C17H18FN5O2. The fraction of sp³-hybridized carbons (Fsp3) is 0.294. The van der Waals surface area contributed by atoms with Gasteiger partial charge in [-0.1, -0.05) is 13.8 Å². The molecule has 7 nitrogen and oxygen atoms in total. The summed E-state index contributed by atoms with van der Waals surface area (Å²) in [6.07, 6.45) is 1.23. The minimum Gasteiger partial charge on any atom is -0.435 e. The largest absolute Gasteiger partial charge is 0.435 e. The number of aromatic nitrogens is 1. The van der Waals surface area contributed by atoms with E-state index in [2.05, 4.69) is 21.0 Å². The maximum Gasteiger partial charge on any atom is 0.269 e. The number of carbonyl (C=O) groups excluding carboxylic acids is 1. The summed E-state index contributed by atoms with van der Waals surface area (Å²) in [5.74, 6) is 0.431. The van der Waals surface area contributed by atoms with Crippen LogP contribution in [-0.4, -0.2) is 28.9 Å². The fourth-order valence-corrected chi connectivity index (χ4v) is 3.02. The lowest BCUT2D eigenvalue weighted by Gasteiger charge is -2.33. The van der Waals surface area contributed by atoms with E-state index in [0.29, 0.717) is 35.2 Å². The van der Waals surface area contributed by atoms with Crippen LogP contribution in [0.4, 0.5) is 4.39 Å². The summed E-state index contributed by atoms with van der Waals surface area (Å²) >= 11 is 0. The van der Waals surface area contributed by atoms with E-state index in [9.17, 15) is 9.18 Å². The van der Waals surface area contributed by atoms with E-state index >= 15 is 0 Å². The molecule has 2 aliphatic heterocycles. The smallest absolute Gasteiger partial charge is 0.269 e. The van der Waals surface area contributed by atoms with Crippen molar-refractivity contribution in [3.8, 4) is 11.5 Å². The lowest BCUT2D eigenvalue weighted by molar-refractivity contribution is -0.132. The summed E-state index contributed by atoms with van der Waals surface area (Å²) in [6, 6.07) is 5.91. The van der Waals surface area contributed by atoms with Crippen molar-refractivity contribution in [1.82, 2.24) is 26.1 Å². The molecule has 3 N–H and O–H groups in total. The van der Waals surface area contributed by atoms with Gasteiger partial charge in [-0.05, 0) is 30.2 Å². The predicted molar refractivity (Wildman–Crippen MR) is 88.6 cm³/mol. The van der Waals surface area contributed by atoms with Crippen LogP contribution in [0.5, 0.6) is 0 Å². The Morgan fingerprint density at radius 2 is 2.08 bits per heavy atom. The summed E-state index contributed by atoms with van der Waals surface area (Å²) < 4.78 is 18.9. The molecule has 1 aromatic heterocycles. The van der Waals surface area contributed by atoms with E-state index in [1.54, 1.807) is 18.3 Å². The quantitative estimate of drug-likeness (QED) is 0.786. The van der Waals surface area contributed by atoms with E-state index < -0.39 is 0 Å². The number of fused-ring (bicyclic) bond motifs is 1. The first-order valence-electron chi connectivity index (χ1n) is 8.08. The van der Waals surface area contributed by atoms with Crippen LogP contribution < -0.4 is 16.1 Å². The Kier molecular flexibility index (Phi) is 3.78. The van der Waals surface area contributed by atoms with Gasteiger partial charge in [0.05, 0.1) is 18.6 Å². The number of nitrogens with zero attached hydrogens (tertiary/aromatic N) is 2. The van der Waals surface area contributed by atoms with Gasteiger partial charge in [-0.3, -0.25) is 10.1 Å². The van der Waals surface area contributed by atoms with E-state index in [4.69, 9.17) is 4.42 Å². The summed E-state index contributed by atoms with van der Waals surface area (Å²) in [6.45, 7) is 4.41. The van der Waals surface area contributed by atoms with Crippen molar-refractivity contribution in [3.05, 3.63) is 47.6 Å². The molecular weight excluding hydrogens is 325 g/mol. The van der Waals surface area contributed by atoms with Crippen LogP contribution in [0.2, 0.25) is 0 Å². The van der Waals surface area contributed by atoms with Crippen molar-refractivity contribution in [2.24, 2.45) is 5.92 Å². The van der Waals surface area contributed by atoms with Gasteiger partial charge in [-0.2, -0.15) is 0 Å². The number of halogens is 1. The van der Waals surface area contributed by atoms with E-state index in [1.807, 2.05) is 13.8 Å². The first-order chi connectivity index (χ1) is 12.0. The second kappa shape index (κ2) is 5.98. The number of hydrogen-bond acceptors (Lipinski definition) is 6. The third kappa shape index (κ3) is 2.69. The molecule has 1 amide bonds. The van der Waals surface area contributed by atoms with Crippen molar-refractivity contribution >= 4 is 11.6 Å². The average molecular weight is 343 g/mol. The van der Waals surface area contributed by atoms with E-state index in [1.165, 1.54) is 17.1 Å². The summed E-state index contributed by atoms with van der Waals surface area (Å²) in [7, 11) is 0. The average Bonchev–Trinajstić information content (AvgIpc) is 3.24. The minimum atomic E-state index is -0.343. The Morgan fingerprint density at radius 1 is 1.32 bits per heavy atom. The SMILES string of the molecule is CC(C)C1=C(c2cnc(-c3ccc(F)cc3)o2)NC2NCNN2C1=O. The molecule has 3 heterocycles. The molecule has 130 valence electrons. The van der Waals surface area contributed by atoms with Gasteiger partial charge < -0.3 is 9.73 Å². The Labute approximate surface area is 143 Å². The molecule has 1 saturated heterocycles. The van der Waals surface area contributed by atoms with Gasteiger partial charge in [0.2, 0.25) is 5.89 Å². The lowest BCUT2D eigenvalue weighted by atomic mass is 9.97. The highest BCUT2D eigenvalue weighted by Crippen LogP contribution is 2.30. The summed E-state index contributed by atoms with van der Waals surface area (Å²) in [5, 5.41) is 7.96. The monoisotopic (exact) mass is 343 g/mol. The first kappa shape index (κ1) is 15.8. The maximum atomic E-state index is 13.1. The molecule has 0 bridgehead atoms. The highest BCUT2D eigenvalue weighted by molar-refractivity contribution is 6.02. The normalized spacial score (nSPS) is 20.2. The van der Waals surface area contributed by atoms with Gasteiger partial charge in [0.1, 0.15) is 5.82 Å². The number of amides is 1. The Morgan fingerprint density at radius 3 is 2.80 bits per heavy atom. The van der Waals surface area contributed by atoms with Gasteiger partial charge in [0.15, 0.2) is 12.0 Å². The zero-order chi connectivity index (χ0) is 17.6. The van der Waals surface area contributed by atoms with E-state index in [-0.39, 0.29) is 23.9 Å². The van der Waals surface area contributed by atoms with Crippen molar-refractivity contribution in [3.63, 3.8) is 0 Å². The zero-order valence-electron chi connectivity index (χ0n) is 13.8. The first-order valence-corrected chi connectivity index (χ1v) is 8.08. The van der Waals surface area contributed by atoms with Crippen LogP contribution in [0.1, 0.15) is 19.6 Å². The van der Waals surface area contributed by atoms with Crippen LogP contribution in [-0.2, 0) is 4.79 Å². The second-order valence-electron chi connectivity index (χ2n) is 6.24. The number of benzene rings is 1. The van der Waals surface area contributed by atoms with Crippen molar-refractivity contribution in [2.75, 3.05) is 6.67 Å². The second-order valence-corrected chi connectivity index (χ2v) is 6.24. The van der Waals surface area contributed by atoms with E-state index in [0.717, 1.165) is 0 Å². The molecule has 0 radical (unpaired) electrons. The molecule has 1 aromatic carbocycles. The number of hydrazine groups is 1. The van der Waals surface area contributed by atoms with Gasteiger partial charge in [0, 0.05) is 11.1 Å². The molecule has 0 aliphatic carbocycles. The highest BCUT2D eigenvalue weighted by atomic mass is 19.1. The summed E-state index contributed by atoms with van der Waals surface area (Å²) in [4.78, 5) is 17.0. The molecule has 8 heteroatoms. The standard InChI is InChI=1S/C17H18FN5O2/c1-9(2)13-14(22-17-20-8-21-23(17)16(13)24)12-7-19-15(25-12)10-3-5-11(18)6-4-10/h3-7,9,17,20-22H,8H2,1-2H3. The predicted octanol–water partition coefficient (Wildman–Crippen LogP) is 1.63. The highest BCUT2D eigenvalue weighted by Gasteiger charge is 2.39. The molecule has 0 spiro atoms. The van der Waals surface area contributed by atoms with Crippen molar-refractivity contribution in [1.29, 1.82) is 0 Å². The Hall–Kier alpha value is -2.71.